The van der Waals surface area contributed by atoms with Gasteiger partial charge in [-0.1, -0.05) is 0 Å². The zero-order valence-corrected chi connectivity index (χ0v) is 17.4. The van der Waals surface area contributed by atoms with Crippen molar-refractivity contribution in [3.63, 3.8) is 0 Å². The molecule has 0 aromatic carbocycles. The third-order valence-electron chi connectivity index (χ3n) is 6.27. The Hall–Kier alpha value is -3.82. The summed E-state index contributed by atoms with van der Waals surface area (Å²) in [7, 11) is 0. The molecule has 2 N–H and O–H groups in total. The van der Waals surface area contributed by atoms with Crippen molar-refractivity contribution in [1.82, 2.24) is 35.1 Å². The molecule has 162 valence electrons. The summed E-state index contributed by atoms with van der Waals surface area (Å²) < 4.78 is 15.8. The third kappa shape index (κ3) is 3.10. The number of anilines is 1. The van der Waals surface area contributed by atoms with Crippen LogP contribution in [0.5, 0.6) is 0 Å². The van der Waals surface area contributed by atoms with E-state index in [2.05, 4.69) is 30.6 Å². The molecule has 0 unspecified atom stereocenters. The monoisotopic (exact) mass is 432 g/mol. The van der Waals surface area contributed by atoms with Gasteiger partial charge in [-0.05, 0) is 50.1 Å². The van der Waals surface area contributed by atoms with E-state index >= 15 is 0 Å². The van der Waals surface area contributed by atoms with E-state index in [0.717, 1.165) is 30.7 Å². The smallest absolute Gasteiger partial charge is 0.272 e. The number of pyridine rings is 1. The fourth-order valence-electron chi connectivity index (χ4n) is 4.21. The molecule has 0 spiro atoms. The number of halogens is 1. The Morgan fingerprint density at radius 1 is 1.28 bits per heavy atom. The minimum absolute atomic E-state index is 0.121. The van der Waals surface area contributed by atoms with Crippen LogP contribution in [0.1, 0.15) is 53.4 Å². The molecule has 1 amide bonds. The number of imidazole rings is 1. The number of carbonyl (C=O) groups excluding carboxylic acids is 1. The maximum absolute atomic E-state index is 14.3. The lowest BCUT2D eigenvalue weighted by molar-refractivity contribution is 0.0929. The van der Waals surface area contributed by atoms with Gasteiger partial charge >= 0.3 is 0 Å². The van der Waals surface area contributed by atoms with E-state index in [4.69, 9.17) is 0 Å². The second-order valence-electron chi connectivity index (χ2n) is 8.66. The standard InChI is InChI=1S/C22H21FN8O/c1-22(7-8-22)26-21(32)15-4-5-18(28-27-15)30-10-6-14-19(25-12-24-14)20(30)16-11-17-13(23)3-2-9-31(17)29-16/h2-5,9,11-12,20H,6-8,10H2,1H3,(H,24,25)(H,26,32)/t20-/m1/s1. The number of H-pyrrole nitrogens is 1. The average Bonchev–Trinajstić information content (AvgIpc) is 3.19. The second kappa shape index (κ2) is 6.84. The van der Waals surface area contributed by atoms with Crippen LogP contribution in [0.2, 0.25) is 0 Å². The number of aromatic nitrogens is 6. The van der Waals surface area contributed by atoms with Gasteiger partial charge in [0, 0.05) is 30.4 Å². The predicted molar refractivity (Wildman–Crippen MR) is 114 cm³/mol. The summed E-state index contributed by atoms with van der Waals surface area (Å²) >= 11 is 0. The summed E-state index contributed by atoms with van der Waals surface area (Å²) in [6.07, 6.45) is 6.08. The van der Waals surface area contributed by atoms with E-state index in [0.29, 0.717) is 23.6 Å². The van der Waals surface area contributed by atoms with E-state index in [1.165, 1.54) is 10.6 Å². The largest absolute Gasteiger partial charge is 0.348 e. The van der Waals surface area contributed by atoms with Crippen LogP contribution in [0, 0.1) is 5.82 Å². The predicted octanol–water partition coefficient (Wildman–Crippen LogP) is 2.42. The van der Waals surface area contributed by atoms with Crippen molar-refractivity contribution in [2.45, 2.75) is 37.8 Å². The molecule has 5 heterocycles. The zero-order valence-electron chi connectivity index (χ0n) is 17.4. The quantitative estimate of drug-likeness (QED) is 0.513. The lowest BCUT2D eigenvalue weighted by Gasteiger charge is -2.34. The number of nitrogens with one attached hydrogen (secondary N) is 2. The van der Waals surface area contributed by atoms with E-state index in [1.807, 2.05) is 11.8 Å². The Balaban J connectivity index is 1.37. The molecule has 10 heteroatoms. The van der Waals surface area contributed by atoms with Crippen LogP contribution in [-0.4, -0.2) is 47.8 Å². The third-order valence-corrected chi connectivity index (χ3v) is 6.27. The molecule has 9 nitrogen and oxygen atoms in total. The topological polar surface area (TPSA) is 104 Å². The van der Waals surface area contributed by atoms with Crippen molar-refractivity contribution in [1.29, 1.82) is 0 Å². The van der Waals surface area contributed by atoms with Crippen molar-refractivity contribution in [2.24, 2.45) is 0 Å². The highest BCUT2D eigenvalue weighted by Crippen LogP contribution is 2.36. The van der Waals surface area contributed by atoms with Crippen LogP contribution in [-0.2, 0) is 6.42 Å². The second-order valence-corrected chi connectivity index (χ2v) is 8.66. The molecule has 4 aromatic heterocycles. The summed E-state index contributed by atoms with van der Waals surface area (Å²) in [4.78, 5) is 22.2. The Morgan fingerprint density at radius 2 is 2.16 bits per heavy atom. The van der Waals surface area contributed by atoms with Gasteiger partial charge in [0.15, 0.2) is 11.5 Å². The zero-order chi connectivity index (χ0) is 21.9. The van der Waals surface area contributed by atoms with Gasteiger partial charge in [0.25, 0.3) is 5.91 Å². The molecule has 0 bridgehead atoms. The summed E-state index contributed by atoms with van der Waals surface area (Å²) in [5.41, 5.74) is 3.07. The summed E-state index contributed by atoms with van der Waals surface area (Å²) in [6.45, 7) is 2.67. The first kappa shape index (κ1) is 18.9. The van der Waals surface area contributed by atoms with Crippen molar-refractivity contribution >= 4 is 17.2 Å². The van der Waals surface area contributed by atoms with Gasteiger partial charge < -0.3 is 15.2 Å². The van der Waals surface area contributed by atoms with Crippen molar-refractivity contribution in [3.05, 3.63) is 71.4 Å². The SMILES string of the molecule is CC1(NC(=O)c2ccc(N3CCc4[nH]cnc4[C@H]3c3cc4c(F)cccn4n3)nn2)CC1. The fourth-order valence-corrected chi connectivity index (χ4v) is 4.21. The highest BCUT2D eigenvalue weighted by Gasteiger charge is 2.39. The number of hydrogen-bond acceptors (Lipinski definition) is 6. The van der Waals surface area contributed by atoms with Crippen LogP contribution in [0.4, 0.5) is 10.2 Å². The number of hydrogen-bond donors (Lipinski definition) is 2. The minimum Gasteiger partial charge on any atom is -0.348 e. The molecular formula is C22H21FN8O. The van der Waals surface area contributed by atoms with E-state index in [1.54, 1.807) is 36.8 Å². The minimum atomic E-state index is -0.358. The molecule has 2 aliphatic rings. The van der Waals surface area contributed by atoms with Crippen LogP contribution >= 0.6 is 0 Å². The molecule has 6 rings (SSSR count). The van der Waals surface area contributed by atoms with E-state index < -0.39 is 0 Å². The lowest BCUT2D eigenvalue weighted by atomic mass is 9.99. The number of carbonyl (C=O) groups is 1. The lowest BCUT2D eigenvalue weighted by Crippen LogP contribution is -2.38. The van der Waals surface area contributed by atoms with E-state index in [-0.39, 0.29) is 29.0 Å². The van der Waals surface area contributed by atoms with Gasteiger partial charge in [-0.3, -0.25) is 4.79 Å². The molecule has 1 atom stereocenters. The molecule has 1 saturated carbocycles. The Bertz CT molecular complexity index is 1320. The Labute approximate surface area is 182 Å². The van der Waals surface area contributed by atoms with Gasteiger partial charge in [0.2, 0.25) is 0 Å². The fraction of sp³-hybridized carbons (Fsp3) is 0.318. The van der Waals surface area contributed by atoms with Crippen molar-refractivity contribution in [3.8, 4) is 0 Å². The van der Waals surface area contributed by atoms with Gasteiger partial charge in [-0.2, -0.15) is 5.10 Å². The van der Waals surface area contributed by atoms with Crippen LogP contribution in [0.3, 0.4) is 0 Å². The molecule has 0 saturated heterocycles. The Morgan fingerprint density at radius 3 is 2.91 bits per heavy atom. The first-order valence-corrected chi connectivity index (χ1v) is 10.6. The van der Waals surface area contributed by atoms with Gasteiger partial charge in [-0.25, -0.2) is 13.9 Å². The number of amides is 1. The molecule has 32 heavy (non-hydrogen) atoms. The molecule has 0 radical (unpaired) electrons. The summed E-state index contributed by atoms with van der Waals surface area (Å²) in [5.74, 6) is 0.0513. The highest BCUT2D eigenvalue weighted by molar-refractivity contribution is 5.93. The first-order valence-electron chi connectivity index (χ1n) is 10.6. The maximum Gasteiger partial charge on any atom is 0.272 e. The van der Waals surface area contributed by atoms with Gasteiger partial charge in [0.1, 0.15) is 17.4 Å². The number of rotatable bonds is 4. The highest BCUT2D eigenvalue weighted by atomic mass is 19.1. The molecule has 4 aromatic rings. The van der Waals surface area contributed by atoms with Gasteiger partial charge in [0.05, 0.1) is 17.7 Å². The number of fused-ring (bicyclic) bond motifs is 2. The number of nitrogens with zero attached hydrogens (tertiary/aromatic N) is 6. The van der Waals surface area contributed by atoms with E-state index in [9.17, 15) is 9.18 Å². The van der Waals surface area contributed by atoms with Gasteiger partial charge in [-0.15, -0.1) is 10.2 Å². The van der Waals surface area contributed by atoms with Crippen LogP contribution < -0.4 is 10.2 Å². The maximum atomic E-state index is 14.3. The normalized spacial score (nSPS) is 19.1. The molecule has 1 aliphatic heterocycles. The van der Waals surface area contributed by atoms with Crippen LogP contribution in [0.15, 0.2) is 42.9 Å². The molecular weight excluding hydrogens is 411 g/mol. The van der Waals surface area contributed by atoms with Crippen LogP contribution in [0.25, 0.3) is 5.52 Å². The number of aromatic amines is 1. The molecule has 1 fully saturated rings. The van der Waals surface area contributed by atoms with Crippen molar-refractivity contribution in [2.75, 3.05) is 11.4 Å². The first-order chi connectivity index (χ1) is 15.5. The summed E-state index contributed by atoms with van der Waals surface area (Å²) in [6, 6.07) is 7.89. The Kier molecular flexibility index (Phi) is 4.04. The molecule has 1 aliphatic carbocycles. The average molecular weight is 432 g/mol. The summed E-state index contributed by atoms with van der Waals surface area (Å²) in [5, 5.41) is 16.1. The van der Waals surface area contributed by atoms with Crippen molar-refractivity contribution < 1.29 is 9.18 Å².